The van der Waals surface area contributed by atoms with E-state index in [2.05, 4.69) is 29.2 Å². The van der Waals surface area contributed by atoms with Crippen LogP contribution in [0.15, 0.2) is 54.6 Å². The molecule has 1 heterocycles. The molecule has 0 spiro atoms. The summed E-state index contributed by atoms with van der Waals surface area (Å²) in [5.74, 6) is 0.212. The van der Waals surface area contributed by atoms with E-state index in [-0.39, 0.29) is 12.3 Å². The van der Waals surface area contributed by atoms with E-state index in [0.29, 0.717) is 19.2 Å². The van der Waals surface area contributed by atoms with Crippen LogP contribution in [0, 0.1) is 0 Å². The maximum atomic E-state index is 11.6. The van der Waals surface area contributed by atoms with Gasteiger partial charge in [0.1, 0.15) is 5.75 Å². The Morgan fingerprint density at radius 1 is 0.969 bits per heavy atom. The zero-order valence-corrected chi connectivity index (χ0v) is 18.9. The van der Waals surface area contributed by atoms with E-state index < -0.39 is 5.97 Å². The predicted octanol–water partition coefficient (Wildman–Crippen LogP) is 3.64. The first-order valence-electron chi connectivity index (χ1n) is 11.5. The summed E-state index contributed by atoms with van der Waals surface area (Å²) in [4.78, 5) is 26.9. The van der Waals surface area contributed by atoms with E-state index in [0.717, 1.165) is 51.1 Å². The smallest absolute Gasteiger partial charge is 0.304 e. The van der Waals surface area contributed by atoms with E-state index >= 15 is 0 Å². The van der Waals surface area contributed by atoms with Crippen molar-refractivity contribution in [3.63, 3.8) is 0 Å². The van der Waals surface area contributed by atoms with Gasteiger partial charge in [0.25, 0.3) is 0 Å². The quantitative estimate of drug-likeness (QED) is 0.580. The molecule has 0 aliphatic carbocycles. The van der Waals surface area contributed by atoms with Crippen LogP contribution in [0.2, 0.25) is 0 Å². The number of likely N-dealkylation sites (tertiary alicyclic amines) is 1. The number of amides is 1. The molecule has 3 rings (SSSR count). The molecule has 0 unspecified atom stereocenters. The van der Waals surface area contributed by atoms with Gasteiger partial charge in [-0.3, -0.25) is 14.5 Å². The summed E-state index contributed by atoms with van der Waals surface area (Å²) < 4.78 is 5.87. The van der Waals surface area contributed by atoms with Crippen LogP contribution in [0.1, 0.15) is 37.3 Å². The molecule has 0 bridgehead atoms. The summed E-state index contributed by atoms with van der Waals surface area (Å²) in [7, 11) is 0. The van der Waals surface area contributed by atoms with Gasteiger partial charge in [0, 0.05) is 45.6 Å². The number of piperidine rings is 1. The predicted molar refractivity (Wildman–Crippen MR) is 125 cm³/mol. The van der Waals surface area contributed by atoms with Gasteiger partial charge in [-0.05, 0) is 42.5 Å². The summed E-state index contributed by atoms with van der Waals surface area (Å²) in [5.41, 5.74) is 2.47. The Morgan fingerprint density at radius 3 is 2.25 bits per heavy atom. The number of hydrogen-bond donors (Lipinski definition) is 1. The Hall–Kier alpha value is -2.86. The van der Waals surface area contributed by atoms with Crippen molar-refractivity contribution in [1.82, 2.24) is 9.80 Å². The van der Waals surface area contributed by atoms with E-state index in [4.69, 9.17) is 9.84 Å². The van der Waals surface area contributed by atoms with Crippen LogP contribution in [0.5, 0.6) is 5.75 Å². The standard InChI is InChI=1S/C26H34N2O4/c1-21(29)27-17-12-24(13-18-27)28(19-14-26(30)31)16-11-23-7-9-25(10-8-23)32-20-15-22-5-3-2-4-6-22/h2-10,24H,11-20H2,1H3,(H,30,31). The highest BCUT2D eigenvalue weighted by Gasteiger charge is 2.25. The van der Waals surface area contributed by atoms with Gasteiger partial charge in [0.2, 0.25) is 5.91 Å². The minimum absolute atomic E-state index is 0.117. The molecule has 1 amide bonds. The molecule has 172 valence electrons. The number of aliphatic carboxylic acids is 1. The number of rotatable bonds is 11. The summed E-state index contributed by atoms with van der Waals surface area (Å²) >= 11 is 0. The van der Waals surface area contributed by atoms with Crippen LogP contribution in [-0.4, -0.2) is 65.6 Å². The molecule has 6 heteroatoms. The average molecular weight is 439 g/mol. The normalized spacial score (nSPS) is 14.5. The van der Waals surface area contributed by atoms with Gasteiger partial charge in [-0.15, -0.1) is 0 Å². The van der Waals surface area contributed by atoms with E-state index in [9.17, 15) is 9.59 Å². The molecule has 1 aliphatic rings. The second-order valence-electron chi connectivity index (χ2n) is 8.39. The summed E-state index contributed by atoms with van der Waals surface area (Å²) in [6, 6.07) is 18.8. The molecule has 2 aromatic rings. The summed E-state index contributed by atoms with van der Waals surface area (Å²) in [6.45, 7) is 5.10. The Bertz CT molecular complexity index is 846. The molecule has 0 radical (unpaired) electrons. The van der Waals surface area contributed by atoms with Crippen molar-refractivity contribution >= 4 is 11.9 Å². The van der Waals surface area contributed by atoms with E-state index in [1.807, 2.05) is 35.2 Å². The van der Waals surface area contributed by atoms with Crippen molar-refractivity contribution < 1.29 is 19.4 Å². The first-order valence-corrected chi connectivity index (χ1v) is 11.5. The van der Waals surface area contributed by atoms with Crippen molar-refractivity contribution in [2.24, 2.45) is 0 Å². The average Bonchev–Trinajstić information content (AvgIpc) is 2.81. The maximum absolute atomic E-state index is 11.6. The van der Waals surface area contributed by atoms with Crippen molar-refractivity contribution in [3.8, 4) is 5.75 Å². The van der Waals surface area contributed by atoms with Crippen molar-refractivity contribution in [2.45, 2.75) is 45.1 Å². The van der Waals surface area contributed by atoms with E-state index in [1.54, 1.807) is 6.92 Å². The molecule has 1 saturated heterocycles. The highest BCUT2D eigenvalue weighted by atomic mass is 16.5. The van der Waals surface area contributed by atoms with Crippen molar-refractivity contribution in [1.29, 1.82) is 0 Å². The number of benzene rings is 2. The highest BCUT2D eigenvalue weighted by molar-refractivity contribution is 5.73. The highest BCUT2D eigenvalue weighted by Crippen LogP contribution is 2.19. The van der Waals surface area contributed by atoms with Gasteiger partial charge in [-0.1, -0.05) is 42.5 Å². The second kappa shape index (κ2) is 12.2. The Morgan fingerprint density at radius 2 is 1.62 bits per heavy atom. The van der Waals surface area contributed by atoms with Crippen LogP contribution in [0.4, 0.5) is 0 Å². The topological polar surface area (TPSA) is 70.1 Å². The zero-order chi connectivity index (χ0) is 22.8. The van der Waals surface area contributed by atoms with Crippen LogP contribution < -0.4 is 4.74 Å². The molecular formula is C26H34N2O4. The first-order chi connectivity index (χ1) is 15.5. The lowest BCUT2D eigenvalue weighted by Crippen LogP contribution is -2.47. The van der Waals surface area contributed by atoms with Crippen molar-refractivity contribution in [3.05, 3.63) is 65.7 Å². The van der Waals surface area contributed by atoms with Gasteiger partial charge >= 0.3 is 5.97 Å². The SMILES string of the molecule is CC(=O)N1CCC(N(CCC(=O)O)CCc2ccc(OCCc3ccccc3)cc2)CC1. The number of nitrogens with zero attached hydrogens (tertiary/aromatic N) is 2. The minimum atomic E-state index is -0.770. The second-order valence-corrected chi connectivity index (χ2v) is 8.39. The van der Waals surface area contributed by atoms with E-state index in [1.165, 1.54) is 11.1 Å². The number of ether oxygens (including phenoxy) is 1. The van der Waals surface area contributed by atoms with Crippen molar-refractivity contribution in [2.75, 3.05) is 32.8 Å². The maximum Gasteiger partial charge on any atom is 0.304 e. The van der Waals surface area contributed by atoms with Gasteiger partial charge in [0.15, 0.2) is 0 Å². The molecule has 0 atom stereocenters. The number of carboxylic acid groups (broad SMARTS) is 1. The van der Waals surface area contributed by atoms with Crippen LogP contribution in [0.25, 0.3) is 0 Å². The fraction of sp³-hybridized carbons (Fsp3) is 0.462. The van der Waals surface area contributed by atoms with Gasteiger partial charge in [-0.2, -0.15) is 0 Å². The molecule has 2 aromatic carbocycles. The Labute approximate surface area is 190 Å². The van der Waals surface area contributed by atoms with Crippen LogP contribution in [0.3, 0.4) is 0 Å². The molecule has 6 nitrogen and oxygen atoms in total. The number of hydrogen-bond acceptors (Lipinski definition) is 4. The lowest BCUT2D eigenvalue weighted by molar-refractivity contribution is -0.137. The zero-order valence-electron chi connectivity index (χ0n) is 18.9. The molecule has 1 N–H and O–H groups in total. The fourth-order valence-electron chi connectivity index (χ4n) is 4.22. The summed E-state index contributed by atoms with van der Waals surface area (Å²) in [5, 5.41) is 9.14. The third-order valence-corrected chi connectivity index (χ3v) is 6.15. The molecule has 0 saturated carbocycles. The van der Waals surface area contributed by atoms with Gasteiger partial charge in [0.05, 0.1) is 13.0 Å². The molecule has 1 fully saturated rings. The minimum Gasteiger partial charge on any atom is -0.493 e. The van der Waals surface area contributed by atoms with Gasteiger partial charge in [-0.25, -0.2) is 0 Å². The Kier molecular flexibility index (Phi) is 9.11. The lowest BCUT2D eigenvalue weighted by Gasteiger charge is -2.38. The Balaban J connectivity index is 1.47. The third kappa shape index (κ3) is 7.68. The summed E-state index contributed by atoms with van der Waals surface area (Å²) in [6.07, 6.45) is 3.67. The number of carbonyl (C=O) groups excluding carboxylic acids is 1. The number of carboxylic acids is 1. The molecule has 1 aliphatic heterocycles. The number of carbonyl (C=O) groups is 2. The lowest BCUT2D eigenvalue weighted by atomic mass is 10.0. The third-order valence-electron chi connectivity index (χ3n) is 6.15. The van der Waals surface area contributed by atoms with Gasteiger partial charge < -0.3 is 14.7 Å². The fourth-order valence-corrected chi connectivity index (χ4v) is 4.22. The molecule has 32 heavy (non-hydrogen) atoms. The van der Waals surface area contributed by atoms with Crippen LogP contribution >= 0.6 is 0 Å². The monoisotopic (exact) mass is 438 g/mol. The largest absolute Gasteiger partial charge is 0.493 e. The first kappa shape index (κ1) is 23.8. The molecule has 0 aromatic heterocycles. The molecular weight excluding hydrogens is 404 g/mol. The van der Waals surface area contributed by atoms with Crippen LogP contribution in [-0.2, 0) is 22.4 Å².